The zero-order chi connectivity index (χ0) is 13.2. The number of benzene rings is 1. The third-order valence-corrected chi connectivity index (χ3v) is 3.59. The van der Waals surface area contributed by atoms with Gasteiger partial charge in [0, 0.05) is 0 Å². The Morgan fingerprint density at radius 1 is 1.33 bits per heavy atom. The van der Waals surface area contributed by atoms with Gasteiger partial charge in [-0.3, -0.25) is 0 Å². The summed E-state index contributed by atoms with van der Waals surface area (Å²) in [6.07, 6.45) is 9.03. The van der Waals surface area contributed by atoms with Crippen LogP contribution in [0.2, 0.25) is 0 Å². The van der Waals surface area contributed by atoms with Crippen molar-refractivity contribution in [2.45, 2.75) is 20.3 Å². The molecule has 0 spiro atoms. The first kappa shape index (κ1) is 12.6. The molecule has 0 aromatic heterocycles. The van der Waals surface area contributed by atoms with Crippen LogP contribution in [0.15, 0.2) is 42.5 Å². The number of nitrogens with zero attached hydrogens (tertiary/aromatic N) is 1. The SMILES string of the molecule is CC1(C)C=CC=CC1Cc1cccc(F)c1C#N. The molecule has 0 amide bonds. The maximum absolute atomic E-state index is 13.5. The molecule has 0 aliphatic heterocycles. The van der Waals surface area contributed by atoms with Crippen molar-refractivity contribution < 1.29 is 4.39 Å². The molecule has 0 saturated heterocycles. The summed E-state index contributed by atoms with van der Waals surface area (Å²) in [5.41, 5.74) is 1.00. The van der Waals surface area contributed by atoms with Crippen LogP contribution in [0, 0.1) is 28.5 Å². The number of allylic oxidation sites excluding steroid dienone is 4. The average molecular weight is 241 g/mol. The largest absolute Gasteiger partial charge is 0.206 e. The second kappa shape index (κ2) is 4.78. The van der Waals surface area contributed by atoms with E-state index in [-0.39, 0.29) is 16.9 Å². The normalized spacial score (nSPS) is 20.7. The Kier molecular flexibility index (Phi) is 3.34. The number of nitriles is 1. The van der Waals surface area contributed by atoms with Gasteiger partial charge in [0.25, 0.3) is 0 Å². The lowest BCUT2D eigenvalue weighted by atomic mass is 9.73. The molecular weight excluding hydrogens is 225 g/mol. The molecule has 1 unspecified atom stereocenters. The second-order valence-corrected chi connectivity index (χ2v) is 5.26. The fourth-order valence-electron chi connectivity index (χ4n) is 2.31. The smallest absolute Gasteiger partial charge is 0.141 e. The topological polar surface area (TPSA) is 23.8 Å². The Morgan fingerprint density at radius 3 is 2.78 bits per heavy atom. The summed E-state index contributed by atoms with van der Waals surface area (Å²) >= 11 is 0. The van der Waals surface area contributed by atoms with Gasteiger partial charge in [-0.05, 0) is 29.4 Å². The average Bonchev–Trinajstić information content (AvgIpc) is 2.32. The molecule has 0 N–H and O–H groups in total. The van der Waals surface area contributed by atoms with Crippen LogP contribution in [0.4, 0.5) is 4.39 Å². The molecule has 0 heterocycles. The third kappa shape index (κ3) is 2.36. The third-order valence-electron chi connectivity index (χ3n) is 3.59. The van der Waals surface area contributed by atoms with Crippen molar-refractivity contribution >= 4 is 0 Å². The van der Waals surface area contributed by atoms with Gasteiger partial charge in [0.1, 0.15) is 11.9 Å². The van der Waals surface area contributed by atoms with Crippen LogP contribution in [0.25, 0.3) is 0 Å². The summed E-state index contributed by atoms with van der Waals surface area (Å²) in [5.74, 6) is -0.139. The van der Waals surface area contributed by atoms with E-state index in [1.54, 1.807) is 6.07 Å². The van der Waals surface area contributed by atoms with Gasteiger partial charge in [0.2, 0.25) is 0 Å². The Bertz CT molecular complexity index is 547. The first-order chi connectivity index (χ1) is 8.54. The summed E-state index contributed by atoms with van der Waals surface area (Å²) in [6, 6.07) is 6.81. The van der Waals surface area contributed by atoms with E-state index in [0.717, 1.165) is 5.56 Å². The van der Waals surface area contributed by atoms with E-state index in [9.17, 15) is 4.39 Å². The summed E-state index contributed by atoms with van der Waals surface area (Å²) in [6.45, 7) is 4.31. The van der Waals surface area contributed by atoms with E-state index < -0.39 is 5.82 Å². The van der Waals surface area contributed by atoms with Gasteiger partial charge < -0.3 is 0 Å². The molecule has 1 aliphatic rings. The van der Waals surface area contributed by atoms with Gasteiger partial charge in [-0.1, -0.05) is 50.3 Å². The predicted molar refractivity (Wildman–Crippen MR) is 70.4 cm³/mol. The molecule has 1 aliphatic carbocycles. The summed E-state index contributed by atoms with van der Waals surface area (Å²) in [4.78, 5) is 0. The maximum atomic E-state index is 13.5. The molecule has 2 heteroatoms. The number of rotatable bonds is 2. The molecule has 92 valence electrons. The minimum atomic E-state index is -0.428. The zero-order valence-corrected chi connectivity index (χ0v) is 10.7. The van der Waals surface area contributed by atoms with Gasteiger partial charge in [-0.15, -0.1) is 0 Å². The van der Waals surface area contributed by atoms with Crippen molar-refractivity contribution in [3.63, 3.8) is 0 Å². The van der Waals surface area contributed by atoms with E-state index in [4.69, 9.17) is 5.26 Å². The van der Waals surface area contributed by atoms with Crippen LogP contribution < -0.4 is 0 Å². The Balaban J connectivity index is 2.31. The molecule has 0 fully saturated rings. The van der Waals surface area contributed by atoms with E-state index in [2.05, 4.69) is 26.0 Å². The fraction of sp³-hybridized carbons (Fsp3) is 0.312. The Hall–Kier alpha value is -1.88. The van der Waals surface area contributed by atoms with Crippen molar-refractivity contribution in [1.82, 2.24) is 0 Å². The second-order valence-electron chi connectivity index (χ2n) is 5.26. The van der Waals surface area contributed by atoms with Crippen molar-refractivity contribution in [2.75, 3.05) is 0 Å². The van der Waals surface area contributed by atoms with Gasteiger partial charge >= 0.3 is 0 Å². The van der Waals surface area contributed by atoms with Crippen LogP contribution in [0.3, 0.4) is 0 Å². The van der Waals surface area contributed by atoms with E-state index in [0.29, 0.717) is 6.42 Å². The highest BCUT2D eigenvalue weighted by molar-refractivity contribution is 5.39. The van der Waals surface area contributed by atoms with Crippen molar-refractivity contribution in [1.29, 1.82) is 5.26 Å². The molecule has 1 atom stereocenters. The molecule has 18 heavy (non-hydrogen) atoms. The highest BCUT2D eigenvalue weighted by atomic mass is 19.1. The van der Waals surface area contributed by atoms with Crippen LogP contribution in [-0.2, 0) is 6.42 Å². The highest BCUT2D eigenvalue weighted by Gasteiger charge is 2.27. The molecule has 1 nitrogen and oxygen atoms in total. The molecule has 1 aromatic carbocycles. The number of halogens is 1. The quantitative estimate of drug-likeness (QED) is 0.767. The van der Waals surface area contributed by atoms with Gasteiger partial charge in [-0.2, -0.15) is 5.26 Å². The first-order valence-electron chi connectivity index (χ1n) is 6.08. The monoisotopic (exact) mass is 241 g/mol. The van der Waals surface area contributed by atoms with Gasteiger partial charge in [-0.25, -0.2) is 4.39 Å². The van der Waals surface area contributed by atoms with Crippen LogP contribution in [0.5, 0.6) is 0 Å². The summed E-state index contributed by atoms with van der Waals surface area (Å²) < 4.78 is 13.5. The van der Waals surface area contributed by atoms with E-state index >= 15 is 0 Å². The standard InChI is InChI=1S/C16H16FN/c1-16(2)9-4-3-7-13(16)10-12-6-5-8-15(17)14(12)11-18/h3-9,13H,10H2,1-2H3. The number of hydrogen-bond acceptors (Lipinski definition) is 1. The molecule has 2 rings (SSSR count). The highest BCUT2D eigenvalue weighted by Crippen LogP contribution is 2.35. The van der Waals surface area contributed by atoms with Crippen molar-refractivity contribution in [3.05, 3.63) is 59.4 Å². The lowest BCUT2D eigenvalue weighted by molar-refractivity contribution is 0.336. The number of hydrogen-bond donors (Lipinski definition) is 0. The van der Waals surface area contributed by atoms with Gasteiger partial charge in [0.05, 0.1) is 5.56 Å². The van der Waals surface area contributed by atoms with Crippen LogP contribution in [0.1, 0.15) is 25.0 Å². The van der Waals surface area contributed by atoms with Gasteiger partial charge in [0.15, 0.2) is 0 Å². The Morgan fingerprint density at radius 2 is 2.11 bits per heavy atom. The van der Waals surface area contributed by atoms with Crippen LogP contribution >= 0.6 is 0 Å². The summed E-state index contributed by atoms with van der Waals surface area (Å²) in [7, 11) is 0. The minimum absolute atomic E-state index is 0.0355. The first-order valence-corrected chi connectivity index (χ1v) is 6.08. The molecule has 0 saturated carbocycles. The summed E-state index contributed by atoms with van der Waals surface area (Å²) in [5, 5.41) is 9.04. The zero-order valence-electron chi connectivity index (χ0n) is 10.7. The van der Waals surface area contributed by atoms with E-state index in [1.807, 2.05) is 24.3 Å². The van der Waals surface area contributed by atoms with Crippen molar-refractivity contribution in [2.24, 2.45) is 11.3 Å². The van der Waals surface area contributed by atoms with E-state index in [1.165, 1.54) is 6.07 Å². The molecular formula is C16H16FN. The lowest BCUT2D eigenvalue weighted by Gasteiger charge is -2.31. The molecule has 0 radical (unpaired) electrons. The van der Waals surface area contributed by atoms with Crippen LogP contribution in [-0.4, -0.2) is 0 Å². The molecule has 0 bridgehead atoms. The molecule has 1 aromatic rings. The Labute approximate surface area is 107 Å². The van der Waals surface area contributed by atoms with Crippen molar-refractivity contribution in [3.8, 4) is 6.07 Å². The lowest BCUT2D eigenvalue weighted by Crippen LogP contribution is -2.24. The minimum Gasteiger partial charge on any atom is -0.206 e. The fourth-order valence-corrected chi connectivity index (χ4v) is 2.31. The maximum Gasteiger partial charge on any atom is 0.141 e. The predicted octanol–water partition coefficient (Wildman–Crippen LogP) is 4.01.